The molecule has 0 spiro atoms. The molecule has 2 aromatic carbocycles. The topological polar surface area (TPSA) is 230 Å². The molecule has 0 aliphatic heterocycles. The number of thioether (sulfide) groups is 1. The van der Waals surface area contributed by atoms with Gasteiger partial charge in [-0.25, -0.2) is 28.6 Å². The van der Waals surface area contributed by atoms with Gasteiger partial charge in [-0.2, -0.15) is 4.33 Å². The van der Waals surface area contributed by atoms with Gasteiger partial charge in [0.1, 0.15) is 17.6 Å². The van der Waals surface area contributed by atoms with Gasteiger partial charge in [-0.3, -0.25) is 19.1 Å². The van der Waals surface area contributed by atoms with Gasteiger partial charge in [-0.15, -0.1) is 11.8 Å². The van der Waals surface area contributed by atoms with E-state index < -0.39 is 47.7 Å². The molecule has 0 aliphatic carbocycles. The van der Waals surface area contributed by atoms with Gasteiger partial charge in [0.25, 0.3) is 5.56 Å². The van der Waals surface area contributed by atoms with Crippen molar-refractivity contribution in [2.24, 2.45) is 0 Å². The standard InChI is InChI=1S/C18H16N2O9S.C16H17NO5S/c1-27-29-30-11-4-5-13-12(7-11)16(23)20(14(17(24)25)8-15(21)22)18(26)19(13)9-10-3-2-6-28-10;1-3-21-16(20)17(10-11-5-4-8-22-11)14-7-6-12(23-2)9-13(14)15(18)19/h2-7,14H,8-9H2,1H3,(H,21,22)(H,24,25);4-9H,3,10H2,1-2H3,(H,18,19)/t14-;/m0./s1. The van der Waals surface area contributed by atoms with Crippen molar-refractivity contribution in [1.29, 1.82) is 0 Å². The Morgan fingerprint density at radius 3 is 2.17 bits per heavy atom. The zero-order chi connectivity index (χ0) is 38.7. The van der Waals surface area contributed by atoms with E-state index in [1.54, 1.807) is 49.4 Å². The van der Waals surface area contributed by atoms with Crippen molar-refractivity contribution in [2.45, 2.75) is 42.3 Å². The second-order valence-electron chi connectivity index (χ2n) is 10.6. The highest BCUT2D eigenvalue weighted by Gasteiger charge is 2.29. The highest BCUT2D eigenvalue weighted by atomic mass is 32.2. The van der Waals surface area contributed by atoms with Gasteiger partial charge < -0.3 is 28.9 Å². The van der Waals surface area contributed by atoms with Crippen LogP contribution in [0, 0.1) is 0 Å². The predicted octanol–water partition coefficient (Wildman–Crippen LogP) is 5.35. The molecular formula is C34H33N3O14S2. The summed E-state index contributed by atoms with van der Waals surface area (Å²) < 4.78 is 21.9. The fourth-order valence-electron chi connectivity index (χ4n) is 4.99. The van der Waals surface area contributed by atoms with Crippen LogP contribution in [0.15, 0.2) is 101 Å². The Morgan fingerprint density at radius 1 is 0.925 bits per heavy atom. The van der Waals surface area contributed by atoms with E-state index in [0.717, 1.165) is 21.5 Å². The first-order valence-electron chi connectivity index (χ1n) is 15.4. The Hall–Kier alpha value is -5.76. The van der Waals surface area contributed by atoms with Crippen LogP contribution >= 0.6 is 23.8 Å². The van der Waals surface area contributed by atoms with Crippen molar-refractivity contribution in [3.05, 3.63) is 111 Å². The third kappa shape index (κ3) is 9.98. The Balaban J connectivity index is 0.000000245. The quantitative estimate of drug-likeness (QED) is 0.0527. The van der Waals surface area contributed by atoms with Gasteiger partial charge in [0.2, 0.25) is 0 Å². The van der Waals surface area contributed by atoms with E-state index in [-0.39, 0.29) is 41.9 Å². The fraction of sp³-hybridized carbons (Fsp3) is 0.235. The average molecular weight is 772 g/mol. The molecule has 0 fully saturated rings. The summed E-state index contributed by atoms with van der Waals surface area (Å²) in [4.78, 5) is 79.8. The number of carbonyl (C=O) groups is 4. The average Bonchev–Trinajstić information content (AvgIpc) is 3.86. The molecule has 19 heteroatoms. The number of carbonyl (C=O) groups excluding carboxylic acids is 1. The number of nitrogens with zero attached hydrogens (tertiary/aromatic N) is 3. The van der Waals surface area contributed by atoms with E-state index in [0.29, 0.717) is 21.0 Å². The van der Waals surface area contributed by atoms with Crippen molar-refractivity contribution in [1.82, 2.24) is 9.13 Å². The van der Waals surface area contributed by atoms with Crippen LogP contribution < -0.4 is 16.1 Å². The molecule has 5 aromatic rings. The van der Waals surface area contributed by atoms with Crippen molar-refractivity contribution in [3.8, 4) is 0 Å². The summed E-state index contributed by atoms with van der Waals surface area (Å²) in [7, 11) is 1.30. The fourth-order valence-corrected chi connectivity index (χ4v) is 5.87. The lowest BCUT2D eigenvalue weighted by Crippen LogP contribution is -2.45. The van der Waals surface area contributed by atoms with Crippen molar-refractivity contribution in [3.63, 3.8) is 0 Å². The number of aromatic carboxylic acids is 1. The summed E-state index contributed by atoms with van der Waals surface area (Å²) in [5.41, 5.74) is -1.37. The maximum absolute atomic E-state index is 13.1. The van der Waals surface area contributed by atoms with Crippen LogP contribution in [0.5, 0.6) is 0 Å². The molecule has 53 heavy (non-hydrogen) atoms. The highest BCUT2D eigenvalue weighted by Crippen LogP contribution is 2.28. The van der Waals surface area contributed by atoms with Crippen LogP contribution in [0.3, 0.4) is 0 Å². The van der Waals surface area contributed by atoms with Crippen molar-refractivity contribution < 1.29 is 57.3 Å². The first-order chi connectivity index (χ1) is 25.4. The van der Waals surface area contributed by atoms with Crippen LogP contribution in [-0.4, -0.2) is 68.4 Å². The maximum atomic E-state index is 13.1. The molecule has 3 N–H and O–H groups in total. The molecule has 1 atom stereocenters. The highest BCUT2D eigenvalue weighted by molar-refractivity contribution is 7.98. The lowest BCUT2D eigenvalue weighted by Gasteiger charge is -2.23. The van der Waals surface area contributed by atoms with Crippen LogP contribution in [0.4, 0.5) is 10.5 Å². The van der Waals surface area contributed by atoms with Crippen LogP contribution in [0.25, 0.3) is 10.9 Å². The van der Waals surface area contributed by atoms with Gasteiger partial charge in [0.05, 0.1) is 79.9 Å². The van der Waals surface area contributed by atoms with Gasteiger partial charge in [-0.05, 0) is 73.8 Å². The molecule has 0 saturated heterocycles. The summed E-state index contributed by atoms with van der Waals surface area (Å²) in [6, 6.07) is 14.1. The lowest BCUT2D eigenvalue weighted by atomic mass is 10.1. The number of rotatable bonds is 15. The molecule has 0 bridgehead atoms. The number of hydrogen-bond donors (Lipinski definition) is 3. The number of aliphatic carboxylic acids is 2. The van der Waals surface area contributed by atoms with E-state index in [9.17, 15) is 39.0 Å². The zero-order valence-electron chi connectivity index (χ0n) is 28.3. The first kappa shape index (κ1) is 40.0. The first-order valence-corrected chi connectivity index (χ1v) is 17.4. The Bertz CT molecular complexity index is 2180. The summed E-state index contributed by atoms with van der Waals surface area (Å²) in [5, 5.41) is 28.0. The zero-order valence-corrected chi connectivity index (χ0v) is 30.0. The monoisotopic (exact) mass is 771 g/mol. The maximum Gasteiger partial charge on any atom is 0.414 e. The Morgan fingerprint density at radius 2 is 1.60 bits per heavy atom. The molecule has 0 radical (unpaired) electrons. The number of carboxylic acids is 3. The molecule has 3 heterocycles. The Kier molecular flexibility index (Phi) is 14.1. The second-order valence-corrected chi connectivity index (χ2v) is 12.3. The summed E-state index contributed by atoms with van der Waals surface area (Å²) in [6.07, 6.45) is 3.18. The van der Waals surface area contributed by atoms with Crippen LogP contribution in [0.2, 0.25) is 0 Å². The number of aromatic nitrogens is 2. The lowest BCUT2D eigenvalue weighted by molar-refractivity contribution is -0.160. The van der Waals surface area contributed by atoms with E-state index in [1.807, 2.05) is 6.26 Å². The second kappa shape index (κ2) is 18.6. The molecule has 1 amide bonds. The molecule has 0 saturated carbocycles. The normalized spacial score (nSPS) is 11.4. The molecular weight excluding hydrogens is 739 g/mol. The SMILES string of the molecule is CCOC(=O)N(Cc1ccco1)c1ccc(SC)cc1C(=O)O.COOSc1ccc2c(c1)c(=O)n([C@@H](CC(=O)O)C(=O)O)c(=O)n2Cc1ccco1. The molecule has 280 valence electrons. The molecule has 0 aliphatic rings. The van der Waals surface area contributed by atoms with Crippen LogP contribution in [0.1, 0.15) is 41.3 Å². The number of furan rings is 2. The number of hydrogen-bond acceptors (Lipinski definition) is 13. The number of ether oxygens (including phenoxy) is 1. The molecule has 5 rings (SSSR count). The number of anilines is 1. The Labute approximate surface area is 308 Å². The number of fused-ring (bicyclic) bond motifs is 1. The number of amides is 1. The molecule has 17 nitrogen and oxygen atoms in total. The van der Waals surface area contributed by atoms with E-state index in [4.69, 9.17) is 23.0 Å². The van der Waals surface area contributed by atoms with Gasteiger partial charge >= 0.3 is 29.7 Å². The third-order valence-corrected chi connectivity index (χ3v) is 8.69. The minimum absolute atomic E-state index is 0.00231. The molecule has 3 aromatic heterocycles. The predicted molar refractivity (Wildman–Crippen MR) is 190 cm³/mol. The minimum Gasteiger partial charge on any atom is -0.481 e. The number of benzene rings is 2. The minimum atomic E-state index is -1.89. The largest absolute Gasteiger partial charge is 0.481 e. The van der Waals surface area contributed by atoms with E-state index in [2.05, 4.69) is 4.89 Å². The van der Waals surface area contributed by atoms with Gasteiger partial charge in [-0.1, -0.05) is 0 Å². The third-order valence-electron chi connectivity index (χ3n) is 7.31. The van der Waals surface area contributed by atoms with Gasteiger partial charge in [0.15, 0.2) is 0 Å². The summed E-state index contributed by atoms with van der Waals surface area (Å²) in [6.45, 7) is 1.88. The van der Waals surface area contributed by atoms with Gasteiger partial charge in [0, 0.05) is 9.79 Å². The smallest absolute Gasteiger partial charge is 0.414 e. The number of carboxylic acid groups (broad SMARTS) is 3. The van der Waals surface area contributed by atoms with Crippen molar-refractivity contribution >= 4 is 64.4 Å². The van der Waals surface area contributed by atoms with Crippen LogP contribution in [-0.2, 0) is 36.6 Å². The van der Waals surface area contributed by atoms with E-state index >= 15 is 0 Å². The van der Waals surface area contributed by atoms with E-state index in [1.165, 1.54) is 54.5 Å². The molecule has 0 unspecified atom stereocenters. The van der Waals surface area contributed by atoms with Crippen molar-refractivity contribution in [2.75, 3.05) is 24.9 Å². The summed E-state index contributed by atoms with van der Waals surface area (Å²) in [5.74, 6) is -3.28. The summed E-state index contributed by atoms with van der Waals surface area (Å²) >= 11 is 2.23.